The van der Waals surface area contributed by atoms with Crippen molar-refractivity contribution < 1.29 is 33.8 Å². The predicted molar refractivity (Wildman–Crippen MR) is 133 cm³/mol. The lowest BCUT2D eigenvalue weighted by atomic mass is 10.1. The highest BCUT2D eigenvalue weighted by Crippen LogP contribution is 2.26. The SMILES string of the molecule is Cc1ccc(C(=O)O[C@H](C(=O)Nc2ccc(Cl)cc2Cl)[C@@H](OC(=O)c2ccc(C)cc2)C(=O)O)cc1. The molecule has 3 aromatic rings. The van der Waals surface area contributed by atoms with Crippen molar-refractivity contribution in [2.75, 3.05) is 5.32 Å². The molecule has 0 unspecified atom stereocenters. The van der Waals surface area contributed by atoms with Gasteiger partial charge in [0.15, 0.2) is 0 Å². The Hall–Kier alpha value is -3.88. The van der Waals surface area contributed by atoms with Gasteiger partial charge in [-0.2, -0.15) is 0 Å². The van der Waals surface area contributed by atoms with Crippen LogP contribution in [0.4, 0.5) is 5.69 Å². The minimum atomic E-state index is -2.17. The van der Waals surface area contributed by atoms with Gasteiger partial charge in [-0.15, -0.1) is 0 Å². The van der Waals surface area contributed by atoms with E-state index in [9.17, 15) is 24.3 Å². The summed E-state index contributed by atoms with van der Waals surface area (Å²) in [7, 11) is 0. The summed E-state index contributed by atoms with van der Waals surface area (Å²) in [5.41, 5.74) is 1.93. The third-order valence-corrected chi connectivity index (χ3v) is 5.56. The van der Waals surface area contributed by atoms with Crippen molar-refractivity contribution in [2.24, 2.45) is 0 Å². The molecule has 2 N–H and O–H groups in total. The zero-order valence-corrected chi connectivity index (χ0v) is 20.7. The van der Waals surface area contributed by atoms with Crippen molar-refractivity contribution in [1.29, 1.82) is 0 Å². The lowest BCUT2D eigenvalue weighted by Crippen LogP contribution is -2.48. The highest BCUT2D eigenvalue weighted by molar-refractivity contribution is 6.36. The van der Waals surface area contributed by atoms with Gasteiger partial charge in [0.2, 0.25) is 12.2 Å². The quantitative estimate of drug-likeness (QED) is 0.390. The molecule has 0 radical (unpaired) electrons. The van der Waals surface area contributed by atoms with Gasteiger partial charge >= 0.3 is 17.9 Å². The molecule has 8 nitrogen and oxygen atoms in total. The Kier molecular flexibility index (Phi) is 8.68. The largest absolute Gasteiger partial charge is 0.478 e. The van der Waals surface area contributed by atoms with Crippen LogP contribution in [0.1, 0.15) is 31.8 Å². The molecule has 0 fully saturated rings. The van der Waals surface area contributed by atoms with Crippen molar-refractivity contribution in [2.45, 2.75) is 26.1 Å². The molecule has 0 aliphatic carbocycles. The van der Waals surface area contributed by atoms with E-state index in [2.05, 4.69) is 5.32 Å². The highest BCUT2D eigenvalue weighted by Gasteiger charge is 2.41. The maximum atomic E-state index is 13.1. The number of nitrogens with one attached hydrogen (secondary N) is 1. The fourth-order valence-corrected chi connectivity index (χ4v) is 3.49. The van der Waals surface area contributed by atoms with Crippen molar-refractivity contribution in [3.8, 4) is 0 Å². The van der Waals surface area contributed by atoms with Crippen molar-refractivity contribution in [3.05, 3.63) is 99.0 Å². The van der Waals surface area contributed by atoms with E-state index < -0.39 is 36.0 Å². The first-order valence-corrected chi connectivity index (χ1v) is 11.3. The van der Waals surface area contributed by atoms with Crippen LogP contribution < -0.4 is 5.32 Å². The number of anilines is 1. The number of carboxylic acids is 1. The molecule has 36 heavy (non-hydrogen) atoms. The van der Waals surface area contributed by atoms with E-state index in [1.54, 1.807) is 24.3 Å². The first-order valence-electron chi connectivity index (χ1n) is 10.6. The van der Waals surface area contributed by atoms with Gasteiger partial charge in [0.05, 0.1) is 21.8 Å². The van der Waals surface area contributed by atoms with Gasteiger partial charge in [0, 0.05) is 5.02 Å². The molecule has 0 aromatic heterocycles. The van der Waals surface area contributed by atoms with Gasteiger partial charge in [-0.25, -0.2) is 14.4 Å². The van der Waals surface area contributed by atoms with Crippen LogP contribution in [0.5, 0.6) is 0 Å². The Bertz CT molecular complexity index is 1290. The number of carboxylic acid groups (broad SMARTS) is 1. The number of carbonyl (C=O) groups excluding carboxylic acids is 3. The van der Waals surface area contributed by atoms with E-state index in [-0.39, 0.29) is 21.8 Å². The lowest BCUT2D eigenvalue weighted by Gasteiger charge is -2.24. The third kappa shape index (κ3) is 6.84. The minimum Gasteiger partial charge on any atom is -0.478 e. The first-order chi connectivity index (χ1) is 17.0. The molecule has 186 valence electrons. The smallest absolute Gasteiger partial charge is 0.349 e. The molecule has 0 saturated heterocycles. The number of rotatable bonds is 8. The molecule has 0 heterocycles. The molecule has 0 saturated carbocycles. The van der Waals surface area contributed by atoms with E-state index in [0.29, 0.717) is 5.02 Å². The fraction of sp³-hybridized carbons (Fsp3) is 0.154. The van der Waals surface area contributed by atoms with Gasteiger partial charge in [-0.1, -0.05) is 58.6 Å². The predicted octanol–water partition coefficient (Wildman–Crippen LogP) is 5.08. The second-order valence-corrected chi connectivity index (χ2v) is 8.68. The summed E-state index contributed by atoms with van der Waals surface area (Å²) in [6.07, 6.45) is -4.23. The Morgan fingerprint density at radius 3 is 1.67 bits per heavy atom. The number of aliphatic carboxylic acids is 1. The van der Waals surface area contributed by atoms with E-state index in [4.69, 9.17) is 32.7 Å². The molecular weight excluding hydrogens is 509 g/mol. The first kappa shape index (κ1) is 26.7. The topological polar surface area (TPSA) is 119 Å². The average Bonchev–Trinajstić information content (AvgIpc) is 2.83. The highest BCUT2D eigenvalue weighted by atomic mass is 35.5. The Balaban J connectivity index is 1.92. The molecule has 10 heteroatoms. The average molecular weight is 530 g/mol. The standard InChI is InChI=1S/C26H21Cl2NO7/c1-14-3-7-16(8-4-14)25(33)35-21(23(30)29-20-12-11-18(27)13-19(20)28)22(24(31)32)36-26(34)17-9-5-15(2)6-10-17/h3-13,21-22H,1-2H3,(H,29,30)(H,31,32)/t21-,22+/m0/s1. The summed E-state index contributed by atoms with van der Waals surface area (Å²) in [4.78, 5) is 50.7. The second-order valence-electron chi connectivity index (χ2n) is 7.84. The number of esters is 2. The number of ether oxygens (including phenoxy) is 2. The Labute approximate surface area is 216 Å². The number of hydrogen-bond acceptors (Lipinski definition) is 6. The van der Waals surface area contributed by atoms with Crippen LogP contribution >= 0.6 is 23.2 Å². The summed E-state index contributed by atoms with van der Waals surface area (Å²) in [5, 5.41) is 12.6. The molecule has 3 aromatic carbocycles. The number of halogens is 2. The zero-order chi connectivity index (χ0) is 26.4. The maximum Gasteiger partial charge on any atom is 0.349 e. The van der Waals surface area contributed by atoms with E-state index >= 15 is 0 Å². The summed E-state index contributed by atoms with van der Waals surface area (Å²) >= 11 is 12.0. The zero-order valence-electron chi connectivity index (χ0n) is 19.2. The molecular formula is C26H21Cl2NO7. The van der Waals surface area contributed by atoms with Crippen LogP contribution in [0.15, 0.2) is 66.7 Å². The number of aryl methyl sites for hydroxylation is 2. The maximum absolute atomic E-state index is 13.1. The van der Waals surface area contributed by atoms with Gasteiger partial charge in [0.1, 0.15) is 0 Å². The number of carbonyl (C=O) groups is 4. The monoisotopic (exact) mass is 529 g/mol. The van der Waals surface area contributed by atoms with Gasteiger partial charge in [0.25, 0.3) is 5.91 Å². The van der Waals surface area contributed by atoms with Gasteiger partial charge in [-0.3, -0.25) is 4.79 Å². The fourth-order valence-electron chi connectivity index (χ4n) is 3.04. The Morgan fingerprint density at radius 2 is 1.22 bits per heavy atom. The number of benzene rings is 3. The van der Waals surface area contributed by atoms with Crippen LogP contribution in [0.3, 0.4) is 0 Å². The molecule has 0 aliphatic rings. The Morgan fingerprint density at radius 1 is 0.750 bits per heavy atom. The van der Waals surface area contributed by atoms with Crippen molar-refractivity contribution in [3.63, 3.8) is 0 Å². The molecule has 0 aliphatic heterocycles. The summed E-state index contributed by atoms with van der Waals surface area (Å²) in [5.74, 6) is -4.79. The number of amides is 1. The molecule has 0 bridgehead atoms. The molecule has 3 rings (SSSR count). The van der Waals surface area contributed by atoms with Crippen molar-refractivity contribution >= 4 is 52.7 Å². The van der Waals surface area contributed by atoms with Crippen LogP contribution in [0, 0.1) is 13.8 Å². The lowest BCUT2D eigenvalue weighted by molar-refractivity contribution is -0.157. The molecule has 2 atom stereocenters. The molecule has 1 amide bonds. The summed E-state index contributed by atoms with van der Waals surface area (Å²) in [6, 6.07) is 16.5. The van der Waals surface area contributed by atoms with E-state index in [0.717, 1.165) is 11.1 Å². The summed E-state index contributed by atoms with van der Waals surface area (Å²) < 4.78 is 10.4. The number of hydrogen-bond donors (Lipinski definition) is 2. The minimum absolute atomic E-state index is 0.0524. The van der Waals surface area contributed by atoms with E-state index in [1.165, 1.54) is 42.5 Å². The van der Waals surface area contributed by atoms with E-state index in [1.807, 2.05) is 13.8 Å². The van der Waals surface area contributed by atoms with Crippen LogP contribution in [0.25, 0.3) is 0 Å². The van der Waals surface area contributed by atoms with Crippen LogP contribution in [0.2, 0.25) is 10.0 Å². The van der Waals surface area contributed by atoms with Gasteiger partial charge < -0.3 is 19.9 Å². The third-order valence-electron chi connectivity index (χ3n) is 5.01. The van der Waals surface area contributed by atoms with Gasteiger partial charge in [-0.05, 0) is 56.3 Å². The summed E-state index contributed by atoms with van der Waals surface area (Å²) in [6.45, 7) is 3.62. The van der Waals surface area contributed by atoms with Crippen LogP contribution in [-0.2, 0) is 19.1 Å². The van der Waals surface area contributed by atoms with Crippen LogP contribution in [-0.4, -0.2) is 41.1 Å². The molecule has 0 spiro atoms. The van der Waals surface area contributed by atoms with Crippen molar-refractivity contribution in [1.82, 2.24) is 0 Å². The second kappa shape index (κ2) is 11.7. The normalized spacial score (nSPS) is 12.2.